The number of amides is 1. The van der Waals surface area contributed by atoms with E-state index in [9.17, 15) is 4.79 Å². The van der Waals surface area contributed by atoms with Crippen LogP contribution in [0.4, 0.5) is 0 Å². The summed E-state index contributed by atoms with van der Waals surface area (Å²) in [4.78, 5) is 19.8. The van der Waals surface area contributed by atoms with Crippen LogP contribution < -0.4 is 18.9 Å². The summed E-state index contributed by atoms with van der Waals surface area (Å²) in [5, 5.41) is 4.13. The minimum atomic E-state index is -0.0601. The van der Waals surface area contributed by atoms with Crippen LogP contribution in [0.15, 0.2) is 65.2 Å². The highest BCUT2D eigenvalue weighted by molar-refractivity contribution is 5.94. The number of rotatable bonds is 12. The lowest BCUT2D eigenvalue weighted by Gasteiger charge is -2.22. The van der Waals surface area contributed by atoms with Crippen LogP contribution >= 0.6 is 0 Å². The van der Waals surface area contributed by atoms with E-state index in [1.165, 1.54) is 0 Å². The molecule has 0 fully saturated rings. The first-order valence-corrected chi connectivity index (χ1v) is 12.6. The summed E-state index contributed by atoms with van der Waals surface area (Å²) < 4.78 is 27.0. The SMILES string of the molecule is COc1ccc(CCN(CCc2nc(-c3ccc(OC)c(OC)c3)no2)C(=O)c2ccc(C)cc2)cc1OC. The molecule has 39 heavy (non-hydrogen) atoms. The Kier molecular flexibility index (Phi) is 9.04. The van der Waals surface area contributed by atoms with Gasteiger partial charge in [-0.25, -0.2) is 0 Å². The first-order chi connectivity index (χ1) is 18.9. The Bertz CT molecular complexity index is 1400. The molecule has 1 aromatic heterocycles. The summed E-state index contributed by atoms with van der Waals surface area (Å²) in [6.07, 6.45) is 1.04. The van der Waals surface area contributed by atoms with E-state index in [2.05, 4.69) is 10.1 Å². The van der Waals surface area contributed by atoms with Crippen LogP contribution in [0.3, 0.4) is 0 Å². The Labute approximate surface area is 228 Å². The van der Waals surface area contributed by atoms with Gasteiger partial charge in [-0.15, -0.1) is 0 Å². The molecule has 0 N–H and O–H groups in total. The van der Waals surface area contributed by atoms with E-state index in [1.54, 1.807) is 40.6 Å². The highest BCUT2D eigenvalue weighted by Crippen LogP contribution is 2.31. The van der Waals surface area contributed by atoms with Gasteiger partial charge in [0.1, 0.15) is 0 Å². The van der Waals surface area contributed by atoms with Crippen molar-refractivity contribution in [1.29, 1.82) is 0 Å². The van der Waals surface area contributed by atoms with Crippen LogP contribution in [0.25, 0.3) is 11.4 Å². The van der Waals surface area contributed by atoms with Crippen molar-refractivity contribution >= 4 is 5.91 Å². The molecule has 0 atom stereocenters. The average Bonchev–Trinajstić information content (AvgIpc) is 3.45. The Balaban J connectivity index is 1.50. The second kappa shape index (κ2) is 12.8. The minimum absolute atomic E-state index is 0.0601. The van der Waals surface area contributed by atoms with Gasteiger partial charge in [0.2, 0.25) is 11.7 Å². The molecule has 0 bridgehead atoms. The van der Waals surface area contributed by atoms with Gasteiger partial charge in [0, 0.05) is 30.6 Å². The number of hydrogen-bond acceptors (Lipinski definition) is 8. The number of ether oxygens (including phenoxy) is 4. The number of aromatic nitrogens is 2. The van der Waals surface area contributed by atoms with Crippen molar-refractivity contribution in [3.63, 3.8) is 0 Å². The van der Waals surface area contributed by atoms with Crippen molar-refractivity contribution in [3.8, 4) is 34.4 Å². The summed E-state index contributed by atoms with van der Waals surface area (Å²) in [5.74, 6) is 3.32. The van der Waals surface area contributed by atoms with Gasteiger partial charge in [-0.1, -0.05) is 28.9 Å². The van der Waals surface area contributed by atoms with Gasteiger partial charge in [-0.2, -0.15) is 4.98 Å². The fourth-order valence-corrected chi connectivity index (χ4v) is 4.17. The third-order valence-corrected chi connectivity index (χ3v) is 6.41. The molecule has 1 heterocycles. The van der Waals surface area contributed by atoms with Gasteiger partial charge >= 0.3 is 0 Å². The maximum atomic E-state index is 13.5. The van der Waals surface area contributed by atoms with Crippen LogP contribution in [0.2, 0.25) is 0 Å². The number of carbonyl (C=O) groups excluding carboxylic acids is 1. The Morgan fingerprint density at radius 1 is 0.769 bits per heavy atom. The number of benzene rings is 3. The monoisotopic (exact) mass is 531 g/mol. The lowest BCUT2D eigenvalue weighted by Crippen LogP contribution is -2.34. The molecule has 3 aromatic carbocycles. The number of nitrogens with zero attached hydrogens (tertiary/aromatic N) is 3. The molecule has 0 saturated carbocycles. The molecule has 1 amide bonds. The topological polar surface area (TPSA) is 96.2 Å². The van der Waals surface area contributed by atoms with E-state index >= 15 is 0 Å². The average molecular weight is 532 g/mol. The fraction of sp³-hybridized carbons (Fsp3) is 0.300. The summed E-state index contributed by atoms with van der Waals surface area (Å²) in [5.41, 5.74) is 3.49. The highest BCUT2D eigenvalue weighted by atomic mass is 16.5. The zero-order valence-corrected chi connectivity index (χ0v) is 22.9. The molecule has 0 spiro atoms. The van der Waals surface area contributed by atoms with Crippen molar-refractivity contribution in [2.24, 2.45) is 0 Å². The number of carbonyl (C=O) groups is 1. The maximum absolute atomic E-state index is 13.5. The molecule has 4 rings (SSSR count). The van der Waals surface area contributed by atoms with Crippen molar-refractivity contribution in [3.05, 3.63) is 83.2 Å². The van der Waals surface area contributed by atoms with Gasteiger partial charge < -0.3 is 28.4 Å². The van der Waals surface area contributed by atoms with E-state index in [0.717, 1.165) is 16.7 Å². The van der Waals surface area contributed by atoms with Crippen molar-refractivity contribution in [2.75, 3.05) is 41.5 Å². The molecule has 0 aliphatic rings. The van der Waals surface area contributed by atoms with Crippen LogP contribution in [0.5, 0.6) is 23.0 Å². The molecule has 9 nitrogen and oxygen atoms in total. The maximum Gasteiger partial charge on any atom is 0.253 e. The third-order valence-electron chi connectivity index (χ3n) is 6.41. The highest BCUT2D eigenvalue weighted by Gasteiger charge is 2.19. The van der Waals surface area contributed by atoms with Crippen molar-refractivity contribution in [1.82, 2.24) is 15.0 Å². The second-order valence-corrected chi connectivity index (χ2v) is 8.93. The minimum Gasteiger partial charge on any atom is -0.493 e. The summed E-state index contributed by atoms with van der Waals surface area (Å²) in [7, 11) is 6.37. The van der Waals surface area contributed by atoms with Crippen LogP contribution in [0.1, 0.15) is 27.4 Å². The first-order valence-electron chi connectivity index (χ1n) is 12.6. The van der Waals surface area contributed by atoms with Crippen LogP contribution in [0, 0.1) is 6.92 Å². The van der Waals surface area contributed by atoms with Gasteiger partial charge in [-0.05, 0) is 61.4 Å². The Hall–Kier alpha value is -4.53. The molecule has 0 radical (unpaired) electrons. The van der Waals surface area contributed by atoms with Gasteiger partial charge in [0.15, 0.2) is 23.0 Å². The Morgan fingerprint density at radius 2 is 1.38 bits per heavy atom. The zero-order chi connectivity index (χ0) is 27.8. The largest absolute Gasteiger partial charge is 0.493 e. The van der Waals surface area contributed by atoms with Crippen molar-refractivity contribution in [2.45, 2.75) is 19.8 Å². The van der Waals surface area contributed by atoms with Gasteiger partial charge in [-0.3, -0.25) is 4.79 Å². The third kappa shape index (κ3) is 6.67. The number of methoxy groups -OCH3 is 4. The van der Waals surface area contributed by atoms with Crippen molar-refractivity contribution < 1.29 is 28.3 Å². The quantitative estimate of drug-likeness (QED) is 0.252. The van der Waals surface area contributed by atoms with E-state index < -0.39 is 0 Å². The lowest BCUT2D eigenvalue weighted by molar-refractivity contribution is 0.0756. The molecule has 204 valence electrons. The van der Waals surface area contributed by atoms with E-state index in [-0.39, 0.29) is 5.91 Å². The van der Waals surface area contributed by atoms with E-state index in [0.29, 0.717) is 66.2 Å². The van der Waals surface area contributed by atoms with E-state index in [4.69, 9.17) is 23.5 Å². The number of hydrogen-bond donors (Lipinski definition) is 0. The van der Waals surface area contributed by atoms with Crippen LogP contribution in [-0.2, 0) is 12.8 Å². The van der Waals surface area contributed by atoms with Crippen LogP contribution in [-0.4, -0.2) is 62.5 Å². The molecule has 0 unspecified atom stereocenters. The molecule has 4 aromatic rings. The van der Waals surface area contributed by atoms with E-state index in [1.807, 2.05) is 60.4 Å². The smallest absolute Gasteiger partial charge is 0.253 e. The molecule has 0 aliphatic heterocycles. The summed E-state index contributed by atoms with van der Waals surface area (Å²) in [6, 6.07) is 18.8. The molecule has 0 aliphatic carbocycles. The normalized spacial score (nSPS) is 10.7. The molecular formula is C30H33N3O6. The standard InChI is InChI=1S/C30H33N3O6/c1-20-6-9-22(10-7-20)30(34)33(16-14-21-8-12-24(35-2)26(18-21)37-4)17-15-28-31-29(32-39-28)23-11-13-25(36-3)27(19-23)38-5/h6-13,18-19H,14-17H2,1-5H3. The van der Waals surface area contributed by atoms with Gasteiger partial charge in [0.25, 0.3) is 5.91 Å². The second-order valence-electron chi connectivity index (χ2n) is 8.93. The molecule has 0 saturated heterocycles. The predicted molar refractivity (Wildman–Crippen MR) is 147 cm³/mol. The first kappa shape index (κ1) is 27.5. The zero-order valence-electron chi connectivity index (χ0n) is 22.9. The summed E-state index contributed by atoms with van der Waals surface area (Å²) >= 11 is 0. The number of aryl methyl sites for hydroxylation is 1. The fourth-order valence-electron chi connectivity index (χ4n) is 4.17. The lowest BCUT2D eigenvalue weighted by atomic mass is 10.1. The molecule has 9 heteroatoms. The summed E-state index contributed by atoms with van der Waals surface area (Å²) in [6.45, 7) is 2.90. The predicted octanol–water partition coefficient (Wildman–Crippen LogP) is 5.01. The Morgan fingerprint density at radius 3 is 2.05 bits per heavy atom. The molecular weight excluding hydrogens is 498 g/mol. The van der Waals surface area contributed by atoms with Gasteiger partial charge in [0.05, 0.1) is 28.4 Å².